The Bertz CT molecular complexity index is 226. The Labute approximate surface area is 90.9 Å². The van der Waals surface area contributed by atoms with Gasteiger partial charge in [0.1, 0.15) is 6.61 Å². The van der Waals surface area contributed by atoms with Gasteiger partial charge in [-0.1, -0.05) is 26.3 Å². The van der Waals surface area contributed by atoms with Crippen LogP contribution in [0.1, 0.15) is 26.2 Å². The van der Waals surface area contributed by atoms with Crippen LogP contribution in [0.2, 0.25) is 0 Å². The van der Waals surface area contributed by atoms with Gasteiger partial charge in [-0.05, 0) is 6.42 Å². The maximum Gasteiger partial charge on any atom is 0.293 e. The maximum atomic E-state index is 11.6. The monoisotopic (exact) mass is 213 g/mol. The lowest BCUT2D eigenvalue weighted by molar-refractivity contribution is -0.130. The minimum Gasteiger partial charge on any atom is -0.463 e. The summed E-state index contributed by atoms with van der Waals surface area (Å²) in [5.41, 5.74) is 0.307. The van der Waals surface area contributed by atoms with Crippen LogP contribution in [0.4, 0.5) is 0 Å². The molecule has 0 heterocycles. The van der Waals surface area contributed by atoms with E-state index in [0.29, 0.717) is 18.6 Å². The van der Waals surface area contributed by atoms with E-state index >= 15 is 0 Å². The molecule has 0 N–H and O–H groups in total. The second-order valence-corrected chi connectivity index (χ2v) is 3.44. The van der Waals surface area contributed by atoms with E-state index in [0.717, 1.165) is 19.3 Å². The third kappa shape index (κ3) is 5.88. The highest BCUT2D eigenvalue weighted by molar-refractivity contribution is 5.92. The lowest BCUT2D eigenvalue weighted by Gasteiger charge is -2.17. The summed E-state index contributed by atoms with van der Waals surface area (Å²) < 4.78 is 4.46. The van der Waals surface area contributed by atoms with Crippen LogP contribution in [0.15, 0.2) is 12.2 Å². The second-order valence-electron chi connectivity index (χ2n) is 3.44. The summed E-state index contributed by atoms with van der Waals surface area (Å²) in [7, 11) is 1.73. The highest BCUT2D eigenvalue weighted by atomic mass is 16.5. The zero-order chi connectivity index (χ0) is 11.7. The topological polar surface area (TPSA) is 46.6 Å². The number of ether oxygens (including phenoxy) is 1. The average Bonchev–Trinajstić information content (AvgIpc) is 2.24. The van der Waals surface area contributed by atoms with Crippen molar-refractivity contribution in [2.24, 2.45) is 0 Å². The second kappa shape index (κ2) is 8.03. The summed E-state index contributed by atoms with van der Waals surface area (Å²) in [5, 5.41) is 0. The van der Waals surface area contributed by atoms with Gasteiger partial charge in [-0.15, -0.1) is 0 Å². The van der Waals surface area contributed by atoms with Crippen LogP contribution in [0, 0.1) is 0 Å². The van der Waals surface area contributed by atoms with Crippen LogP contribution in [0.3, 0.4) is 0 Å². The molecular weight excluding hydrogens is 194 g/mol. The zero-order valence-corrected chi connectivity index (χ0v) is 9.49. The Morgan fingerprint density at radius 3 is 2.67 bits per heavy atom. The lowest BCUT2D eigenvalue weighted by atomic mass is 10.2. The van der Waals surface area contributed by atoms with Crippen molar-refractivity contribution in [3.05, 3.63) is 12.2 Å². The van der Waals surface area contributed by atoms with E-state index < -0.39 is 0 Å². The quantitative estimate of drug-likeness (QED) is 0.347. The first kappa shape index (κ1) is 13.7. The summed E-state index contributed by atoms with van der Waals surface area (Å²) in [4.78, 5) is 23.1. The standard InChI is InChI=1S/C11H19NO3/c1-4-5-6-7-12(3)11(14)10(2)8-15-9-13/h9H,2,4-8H2,1,3H3. The largest absolute Gasteiger partial charge is 0.463 e. The fraction of sp³-hybridized carbons (Fsp3) is 0.636. The number of hydrogen-bond acceptors (Lipinski definition) is 3. The molecule has 0 aromatic rings. The van der Waals surface area contributed by atoms with E-state index in [4.69, 9.17) is 0 Å². The number of likely N-dealkylation sites (N-methyl/N-ethyl adjacent to an activating group) is 1. The van der Waals surface area contributed by atoms with E-state index in [1.54, 1.807) is 11.9 Å². The molecule has 0 atom stereocenters. The van der Waals surface area contributed by atoms with E-state index in [-0.39, 0.29) is 12.5 Å². The normalized spacial score (nSPS) is 9.47. The van der Waals surface area contributed by atoms with Gasteiger partial charge in [0, 0.05) is 19.2 Å². The van der Waals surface area contributed by atoms with Gasteiger partial charge in [0.15, 0.2) is 0 Å². The van der Waals surface area contributed by atoms with Crippen molar-refractivity contribution in [1.29, 1.82) is 0 Å². The van der Waals surface area contributed by atoms with Crippen LogP contribution >= 0.6 is 0 Å². The molecule has 0 fully saturated rings. The molecule has 1 amide bonds. The van der Waals surface area contributed by atoms with E-state index in [9.17, 15) is 9.59 Å². The van der Waals surface area contributed by atoms with Crippen molar-refractivity contribution in [1.82, 2.24) is 4.90 Å². The Morgan fingerprint density at radius 2 is 2.13 bits per heavy atom. The number of hydrogen-bond donors (Lipinski definition) is 0. The number of carbonyl (C=O) groups excluding carboxylic acids is 2. The molecule has 0 aliphatic heterocycles. The number of carbonyl (C=O) groups is 2. The van der Waals surface area contributed by atoms with E-state index in [2.05, 4.69) is 18.2 Å². The molecule has 0 radical (unpaired) electrons. The highest BCUT2D eigenvalue weighted by Crippen LogP contribution is 2.01. The number of rotatable bonds is 8. The van der Waals surface area contributed by atoms with Crippen molar-refractivity contribution in [2.45, 2.75) is 26.2 Å². The maximum absolute atomic E-state index is 11.6. The Kier molecular flexibility index (Phi) is 7.32. The van der Waals surface area contributed by atoms with Crippen molar-refractivity contribution < 1.29 is 14.3 Å². The predicted molar refractivity (Wildman–Crippen MR) is 58.3 cm³/mol. The summed E-state index contributed by atoms with van der Waals surface area (Å²) in [5.74, 6) is -0.159. The van der Waals surface area contributed by atoms with E-state index in [1.807, 2.05) is 0 Å². The molecule has 0 rings (SSSR count). The molecule has 0 aliphatic carbocycles. The summed E-state index contributed by atoms with van der Waals surface area (Å²) in [6.45, 7) is 6.68. The van der Waals surface area contributed by atoms with Crippen LogP contribution in [-0.4, -0.2) is 37.5 Å². The first-order valence-corrected chi connectivity index (χ1v) is 5.12. The Hall–Kier alpha value is -1.32. The van der Waals surface area contributed by atoms with Gasteiger partial charge in [-0.25, -0.2) is 0 Å². The van der Waals surface area contributed by atoms with Crippen molar-refractivity contribution in [3.8, 4) is 0 Å². The van der Waals surface area contributed by atoms with Crippen molar-refractivity contribution in [2.75, 3.05) is 20.2 Å². The molecule has 86 valence electrons. The molecule has 0 saturated carbocycles. The van der Waals surface area contributed by atoms with Gasteiger partial charge in [-0.3, -0.25) is 9.59 Å². The van der Waals surface area contributed by atoms with Gasteiger partial charge in [0.05, 0.1) is 0 Å². The van der Waals surface area contributed by atoms with Crippen molar-refractivity contribution in [3.63, 3.8) is 0 Å². The average molecular weight is 213 g/mol. The van der Waals surface area contributed by atoms with Gasteiger partial charge in [-0.2, -0.15) is 0 Å². The van der Waals surface area contributed by atoms with Gasteiger partial charge < -0.3 is 9.64 Å². The minimum atomic E-state index is -0.159. The molecule has 0 aromatic carbocycles. The Balaban J connectivity index is 3.85. The molecule has 0 spiro atoms. The lowest BCUT2D eigenvalue weighted by Crippen LogP contribution is -2.30. The summed E-state index contributed by atoms with van der Waals surface area (Å²) >= 11 is 0. The molecular formula is C11H19NO3. The van der Waals surface area contributed by atoms with Crippen LogP contribution in [-0.2, 0) is 14.3 Å². The van der Waals surface area contributed by atoms with Gasteiger partial charge in [0.25, 0.3) is 12.4 Å². The fourth-order valence-corrected chi connectivity index (χ4v) is 1.17. The first-order valence-electron chi connectivity index (χ1n) is 5.12. The molecule has 0 aliphatic rings. The van der Waals surface area contributed by atoms with E-state index in [1.165, 1.54) is 0 Å². The van der Waals surface area contributed by atoms with Gasteiger partial charge >= 0.3 is 0 Å². The molecule has 0 bridgehead atoms. The number of nitrogens with zero attached hydrogens (tertiary/aromatic N) is 1. The van der Waals surface area contributed by atoms with Crippen molar-refractivity contribution >= 4 is 12.4 Å². The third-order valence-corrected chi connectivity index (χ3v) is 2.07. The predicted octanol–water partition coefficient (Wildman–Crippen LogP) is 1.36. The molecule has 4 heteroatoms. The van der Waals surface area contributed by atoms with Crippen LogP contribution < -0.4 is 0 Å². The number of amides is 1. The summed E-state index contributed by atoms with van der Waals surface area (Å²) in [6, 6.07) is 0. The highest BCUT2D eigenvalue weighted by Gasteiger charge is 2.12. The molecule has 0 aromatic heterocycles. The smallest absolute Gasteiger partial charge is 0.293 e. The zero-order valence-electron chi connectivity index (χ0n) is 9.49. The third-order valence-electron chi connectivity index (χ3n) is 2.07. The minimum absolute atomic E-state index is 0.0273. The molecule has 4 nitrogen and oxygen atoms in total. The number of unbranched alkanes of at least 4 members (excludes halogenated alkanes) is 2. The summed E-state index contributed by atoms with van der Waals surface area (Å²) in [6.07, 6.45) is 3.22. The van der Waals surface area contributed by atoms with Crippen LogP contribution in [0.25, 0.3) is 0 Å². The Morgan fingerprint density at radius 1 is 1.47 bits per heavy atom. The fourth-order valence-electron chi connectivity index (χ4n) is 1.17. The first-order chi connectivity index (χ1) is 7.13. The molecule has 15 heavy (non-hydrogen) atoms. The van der Waals surface area contributed by atoms with Gasteiger partial charge in [0.2, 0.25) is 0 Å². The molecule has 0 saturated heterocycles. The van der Waals surface area contributed by atoms with Crippen LogP contribution in [0.5, 0.6) is 0 Å². The molecule has 0 unspecified atom stereocenters. The SMILES string of the molecule is C=C(COC=O)C(=O)N(C)CCCCC.